The molecule has 1 N–H and O–H groups in total. The van der Waals surface area contributed by atoms with E-state index in [2.05, 4.69) is 5.32 Å². The van der Waals surface area contributed by atoms with Gasteiger partial charge in [0.1, 0.15) is 0 Å². The van der Waals surface area contributed by atoms with Gasteiger partial charge in [0.2, 0.25) is 5.91 Å². The minimum atomic E-state index is -2.47. The lowest BCUT2D eigenvalue weighted by atomic mass is 10.2. The zero-order chi connectivity index (χ0) is 10.6. The van der Waals surface area contributed by atoms with Crippen molar-refractivity contribution in [2.75, 3.05) is 5.32 Å². The van der Waals surface area contributed by atoms with Gasteiger partial charge in [0.15, 0.2) is 0 Å². The Labute approximate surface area is 80.9 Å². The fourth-order valence-electron chi connectivity index (χ4n) is 0.961. The molecule has 76 valence electrons. The molecule has 1 amide bonds. The van der Waals surface area contributed by atoms with Crippen LogP contribution < -0.4 is 5.32 Å². The molecule has 0 saturated heterocycles. The zero-order valence-electron chi connectivity index (χ0n) is 7.76. The fraction of sp³-hybridized carbons (Fsp3) is 0.300. The summed E-state index contributed by atoms with van der Waals surface area (Å²) in [7, 11) is 0. The van der Waals surface area contributed by atoms with E-state index in [1.54, 1.807) is 6.92 Å². The highest BCUT2D eigenvalue weighted by Gasteiger charge is 2.06. The Morgan fingerprint density at radius 1 is 1.36 bits per heavy atom. The average Bonchev–Trinajstić information content (AvgIpc) is 2.18. The molecular formula is C10H11F2NO. The third-order valence-electron chi connectivity index (χ3n) is 1.77. The van der Waals surface area contributed by atoms with Gasteiger partial charge in [0.25, 0.3) is 6.43 Å². The van der Waals surface area contributed by atoms with E-state index in [1.807, 2.05) is 0 Å². The van der Waals surface area contributed by atoms with E-state index >= 15 is 0 Å². The van der Waals surface area contributed by atoms with Crippen LogP contribution in [0.25, 0.3) is 0 Å². The lowest BCUT2D eigenvalue weighted by molar-refractivity contribution is -0.115. The van der Waals surface area contributed by atoms with Crippen molar-refractivity contribution < 1.29 is 13.6 Å². The average molecular weight is 199 g/mol. The maximum atomic E-state index is 12.1. The van der Waals surface area contributed by atoms with Crippen LogP contribution in [0, 0.1) is 0 Å². The minimum absolute atomic E-state index is 0.0421. The number of hydrogen-bond acceptors (Lipinski definition) is 1. The number of amides is 1. The molecule has 1 aromatic rings. The Kier molecular flexibility index (Phi) is 3.56. The Hall–Kier alpha value is -1.45. The first-order valence-electron chi connectivity index (χ1n) is 4.31. The van der Waals surface area contributed by atoms with E-state index in [0.717, 1.165) is 0 Å². The highest BCUT2D eigenvalue weighted by molar-refractivity contribution is 5.90. The van der Waals surface area contributed by atoms with Gasteiger partial charge < -0.3 is 5.32 Å². The van der Waals surface area contributed by atoms with Crippen molar-refractivity contribution in [2.45, 2.75) is 19.8 Å². The highest BCUT2D eigenvalue weighted by atomic mass is 19.3. The summed E-state index contributed by atoms with van der Waals surface area (Å²) in [5.41, 5.74) is 0.501. The summed E-state index contributed by atoms with van der Waals surface area (Å²) in [4.78, 5) is 10.9. The number of rotatable bonds is 3. The topological polar surface area (TPSA) is 29.1 Å². The van der Waals surface area contributed by atoms with Crippen molar-refractivity contribution in [3.05, 3.63) is 29.8 Å². The summed E-state index contributed by atoms with van der Waals surface area (Å²) < 4.78 is 24.3. The van der Waals surface area contributed by atoms with Gasteiger partial charge in [0, 0.05) is 17.7 Å². The number of hydrogen-bond donors (Lipinski definition) is 1. The Bertz CT molecular complexity index is 308. The smallest absolute Gasteiger partial charge is 0.263 e. The summed E-state index contributed by atoms with van der Waals surface area (Å²) in [6.45, 7) is 1.73. The monoisotopic (exact) mass is 199 g/mol. The van der Waals surface area contributed by atoms with Crippen LogP contribution in [0.1, 0.15) is 25.3 Å². The molecule has 0 aliphatic carbocycles. The molecule has 2 nitrogen and oxygen atoms in total. The number of benzene rings is 1. The molecule has 0 aromatic heterocycles. The Morgan fingerprint density at radius 2 is 1.93 bits per heavy atom. The molecule has 1 rings (SSSR count). The van der Waals surface area contributed by atoms with E-state index in [0.29, 0.717) is 12.1 Å². The molecule has 0 radical (unpaired) electrons. The SMILES string of the molecule is CCC(=O)Nc1ccc(C(F)F)cc1. The molecule has 0 heterocycles. The maximum Gasteiger partial charge on any atom is 0.263 e. The second-order valence-electron chi connectivity index (χ2n) is 2.82. The first-order chi connectivity index (χ1) is 6.63. The number of nitrogens with one attached hydrogen (secondary N) is 1. The van der Waals surface area contributed by atoms with Crippen LogP contribution in [-0.4, -0.2) is 5.91 Å². The highest BCUT2D eigenvalue weighted by Crippen LogP contribution is 2.20. The molecular weight excluding hydrogens is 188 g/mol. The second kappa shape index (κ2) is 4.69. The largest absolute Gasteiger partial charge is 0.326 e. The molecule has 4 heteroatoms. The van der Waals surface area contributed by atoms with Crippen molar-refractivity contribution >= 4 is 11.6 Å². The molecule has 1 aromatic carbocycles. The molecule has 0 atom stereocenters. The van der Waals surface area contributed by atoms with Crippen LogP contribution in [0.3, 0.4) is 0 Å². The number of carbonyl (C=O) groups excluding carboxylic acids is 1. The number of alkyl halides is 2. The van der Waals surface area contributed by atoms with Crippen molar-refractivity contribution in [1.82, 2.24) is 0 Å². The van der Waals surface area contributed by atoms with Crippen LogP contribution >= 0.6 is 0 Å². The van der Waals surface area contributed by atoms with Gasteiger partial charge in [-0.2, -0.15) is 0 Å². The van der Waals surface area contributed by atoms with Gasteiger partial charge in [-0.25, -0.2) is 8.78 Å². The molecule has 0 bridgehead atoms. The predicted octanol–water partition coefficient (Wildman–Crippen LogP) is 2.97. The number of anilines is 1. The number of halogens is 2. The Morgan fingerprint density at radius 3 is 2.36 bits per heavy atom. The first kappa shape index (κ1) is 10.6. The van der Waals surface area contributed by atoms with E-state index in [-0.39, 0.29) is 11.5 Å². The van der Waals surface area contributed by atoms with E-state index < -0.39 is 6.43 Å². The van der Waals surface area contributed by atoms with Crippen molar-refractivity contribution in [3.8, 4) is 0 Å². The van der Waals surface area contributed by atoms with Gasteiger partial charge in [-0.1, -0.05) is 19.1 Å². The third-order valence-corrected chi connectivity index (χ3v) is 1.77. The van der Waals surface area contributed by atoms with E-state index in [9.17, 15) is 13.6 Å². The van der Waals surface area contributed by atoms with E-state index in [4.69, 9.17) is 0 Å². The molecule has 14 heavy (non-hydrogen) atoms. The van der Waals surface area contributed by atoms with Crippen LogP contribution in [0.2, 0.25) is 0 Å². The maximum absolute atomic E-state index is 12.1. The van der Waals surface area contributed by atoms with Crippen LogP contribution in [0.5, 0.6) is 0 Å². The van der Waals surface area contributed by atoms with Gasteiger partial charge in [0.05, 0.1) is 0 Å². The predicted molar refractivity (Wildman–Crippen MR) is 50.3 cm³/mol. The lowest BCUT2D eigenvalue weighted by Gasteiger charge is -2.04. The van der Waals surface area contributed by atoms with Gasteiger partial charge in [-0.15, -0.1) is 0 Å². The lowest BCUT2D eigenvalue weighted by Crippen LogP contribution is -2.09. The fourth-order valence-corrected chi connectivity index (χ4v) is 0.961. The molecule has 0 saturated carbocycles. The van der Waals surface area contributed by atoms with Crippen molar-refractivity contribution in [3.63, 3.8) is 0 Å². The van der Waals surface area contributed by atoms with Crippen molar-refractivity contribution in [1.29, 1.82) is 0 Å². The summed E-state index contributed by atoms with van der Waals surface area (Å²) in [6.07, 6.45) is -2.10. The third kappa shape index (κ3) is 2.80. The molecule has 0 unspecified atom stereocenters. The first-order valence-corrected chi connectivity index (χ1v) is 4.31. The minimum Gasteiger partial charge on any atom is -0.326 e. The summed E-state index contributed by atoms with van der Waals surface area (Å²) in [6, 6.07) is 5.54. The van der Waals surface area contributed by atoms with E-state index in [1.165, 1.54) is 24.3 Å². The Balaban J connectivity index is 2.69. The normalized spacial score (nSPS) is 10.3. The summed E-state index contributed by atoms with van der Waals surface area (Å²) in [5.74, 6) is -0.130. The second-order valence-corrected chi connectivity index (χ2v) is 2.82. The summed E-state index contributed by atoms with van der Waals surface area (Å²) >= 11 is 0. The standard InChI is InChI=1S/C10H11F2NO/c1-2-9(14)13-8-5-3-7(4-6-8)10(11)12/h3-6,10H,2H2,1H3,(H,13,14). The van der Waals surface area contributed by atoms with Crippen LogP contribution in [-0.2, 0) is 4.79 Å². The molecule has 0 aliphatic rings. The van der Waals surface area contributed by atoms with Gasteiger partial charge in [-0.05, 0) is 12.1 Å². The van der Waals surface area contributed by atoms with Gasteiger partial charge >= 0.3 is 0 Å². The van der Waals surface area contributed by atoms with Crippen LogP contribution in [0.4, 0.5) is 14.5 Å². The quantitative estimate of drug-likeness (QED) is 0.796. The van der Waals surface area contributed by atoms with Crippen LogP contribution in [0.15, 0.2) is 24.3 Å². The summed E-state index contributed by atoms with van der Waals surface area (Å²) in [5, 5.41) is 2.57. The molecule has 0 aliphatic heterocycles. The molecule has 0 fully saturated rings. The zero-order valence-corrected chi connectivity index (χ0v) is 7.76. The van der Waals surface area contributed by atoms with Gasteiger partial charge in [-0.3, -0.25) is 4.79 Å². The number of carbonyl (C=O) groups is 1. The van der Waals surface area contributed by atoms with Crippen molar-refractivity contribution in [2.24, 2.45) is 0 Å². The molecule has 0 spiro atoms.